The number of ether oxygens (including phenoxy) is 1. The van der Waals surface area contributed by atoms with Crippen molar-refractivity contribution in [3.05, 3.63) is 48.0 Å². The first-order valence-corrected chi connectivity index (χ1v) is 7.78. The number of halogens is 1. The number of hydrogen-bond donors (Lipinski definition) is 0. The van der Waals surface area contributed by atoms with E-state index in [-0.39, 0.29) is 23.0 Å². The second-order valence-electron chi connectivity index (χ2n) is 5.62. The van der Waals surface area contributed by atoms with Crippen molar-refractivity contribution in [1.82, 2.24) is 14.6 Å². The zero-order valence-electron chi connectivity index (χ0n) is 13.8. The molecule has 24 heavy (non-hydrogen) atoms. The van der Waals surface area contributed by atoms with E-state index >= 15 is 0 Å². The highest BCUT2D eigenvalue weighted by Crippen LogP contribution is 2.31. The summed E-state index contributed by atoms with van der Waals surface area (Å²) < 4.78 is 21.1. The molecule has 2 heterocycles. The molecular weight excluding hydrogens is 309 g/mol. The Balaban J connectivity index is 2.27. The lowest BCUT2D eigenvalue weighted by atomic mass is 9.98. The molecule has 3 aromatic rings. The molecule has 1 unspecified atom stereocenters. The average molecular weight is 327 g/mol. The number of ketones is 1. The SMILES string of the molecule is CCC(C)C(=O)c1nc2cccnn2c1-c1ccc(OC)cc1F. The van der Waals surface area contributed by atoms with Crippen molar-refractivity contribution < 1.29 is 13.9 Å². The molecule has 6 heteroatoms. The van der Waals surface area contributed by atoms with Crippen LogP contribution in [0.1, 0.15) is 30.8 Å². The van der Waals surface area contributed by atoms with Crippen molar-refractivity contribution in [2.75, 3.05) is 7.11 Å². The topological polar surface area (TPSA) is 56.5 Å². The Morgan fingerprint density at radius 1 is 1.38 bits per heavy atom. The van der Waals surface area contributed by atoms with Crippen LogP contribution in [0.25, 0.3) is 16.9 Å². The molecule has 0 saturated carbocycles. The molecule has 0 spiro atoms. The Hall–Kier alpha value is -2.76. The second-order valence-corrected chi connectivity index (χ2v) is 5.62. The number of imidazole rings is 1. The van der Waals surface area contributed by atoms with E-state index < -0.39 is 5.82 Å². The van der Waals surface area contributed by atoms with E-state index in [1.54, 1.807) is 30.5 Å². The van der Waals surface area contributed by atoms with Gasteiger partial charge in [-0.3, -0.25) is 4.79 Å². The van der Waals surface area contributed by atoms with E-state index in [0.717, 1.165) is 0 Å². The van der Waals surface area contributed by atoms with Crippen molar-refractivity contribution in [1.29, 1.82) is 0 Å². The van der Waals surface area contributed by atoms with E-state index in [4.69, 9.17) is 4.74 Å². The lowest BCUT2D eigenvalue weighted by Crippen LogP contribution is -2.12. The molecule has 5 nitrogen and oxygen atoms in total. The first kappa shape index (κ1) is 16.1. The van der Waals surface area contributed by atoms with E-state index in [9.17, 15) is 9.18 Å². The standard InChI is InChI=1S/C18H18FN3O2/c1-4-11(2)18(23)16-17(22-15(21-16)6-5-9-20-22)13-8-7-12(24-3)10-14(13)19/h5-11H,4H2,1-3H3. The molecule has 2 aromatic heterocycles. The van der Waals surface area contributed by atoms with Gasteiger partial charge in [-0.05, 0) is 30.7 Å². The van der Waals surface area contributed by atoms with Crippen LogP contribution in [0, 0.1) is 11.7 Å². The third-order valence-electron chi connectivity index (χ3n) is 4.12. The fourth-order valence-electron chi connectivity index (χ4n) is 2.54. The van der Waals surface area contributed by atoms with Crippen LogP contribution in [0.4, 0.5) is 4.39 Å². The lowest BCUT2D eigenvalue weighted by Gasteiger charge is -2.09. The molecule has 0 N–H and O–H groups in total. The molecule has 1 aromatic carbocycles. The van der Waals surface area contributed by atoms with Crippen LogP contribution in [-0.4, -0.2) is 27.5 Å². The fraction of sp³-hybridized carbons (Fsp3) is 0.278. The predicted octanol–water partition coefficient (Wildman–Crippen LogP) is 3.77. The van der Waals surface area contributed by atoms with Crippen LogP contribution in [-0.2, 0) is 0 Å². The summed E-state index contributed by atoms with van der Waals surface area (Å²) in [6, 6.07) is 7.99. The number of hydrogen-bond acceptors (Lipinski definition) is 4. The summed E-state index contributed by atoms with van der Waals surface area (Å²) in [5.74, 6) is -0.393. The molecule has 0 bridgehead atoms. The first-order valence-electron chi connectivity index (χ1n) is 7.78. The van der Waals surface area contributed by atoms with E-state index in [1.807, 2.05) is 13.8 Å². The Morgan fingerprint density at radius 2 is 2.17 bits per heavy atom. The van der Waals surface area contributed by atoms with E-state index in [2.05, 4.69) is 10.1 Å². The Bertz CT molecular complexity index is 904. The van der Waals surface area contributed by atoms with E-state index in [0.29, 0.717) is 23.5 Å². The number of nitrogens with zero attached hydrogens (tertiary/aromatic N) is 3. The second kappa shape index (κ2) is 6.39. The summed E-state index contributed by atoms with van der Waals surface area (Å²) in [7, 11) is 1.47. The molecule has 0 aliphatic rings. The smallest absolute Gasteiger partial charge is 0.186 e. The molecular formula is C18H18FN3O2. The van der Waals surface area contributed by atoms with Crippen molar-refractivity contribution in [3.8, 4) is 17.0 Å². The van der Waals surface area contributed by atoms with Gasteiger partial charge in [0.2, 0.25) is 0 Å². The molecule has 0 fully saturated rings. The minimum Gasteiger partial charge on any atom is -0.497 e. The van der Waals surface area contributed by atoms with Gasteiger partial charge in [0, 0.05) is 23.7 Å². The molecule has 124 valence electrons. The van der Waals surface area contributed by atoms with Crippen molar-refractivity contribution in [2.45, 2.75) is 20.3 Å². The van der Waals surface area contributed by atoms with Gasteiger partial charge < -0.3 is 4.74 Å². The van der Waals surface area contributed by atoms with Gasteiger partial charge in [0.1, 0.15) is 23.0 Å². The quantitative estimate of drug-likeness (QED) is 0.669. The number of rotatable bonds is 5. The van der Waals surface area contributed by atoms with Gasteiger partial charge in [0.05, 0.1) is 7.11 Å². The number of methoxy groups -OCH3 is 1. The number of aromatic nitrogens is 3. The van der Waals surface area contributed by atoms with Gasteiger partial charge in [-0.1, -0.05) is 13.8 Å². The predicted molar refractivity (Wildman–Crippen MR) is 88.7 cm³/mol. The minimum atomic E-state index is -0.486. The Labute approximate surface area is 139 Å². The number of carbonyl (C=O) groups is 1. The van der Waals surface area contributed by atoms with Gasteiger partial charge in [-0.15, -0.1) is 0 Å². The van der Waals surface area contributed by atoms with Crippen LogP contribution in [0.5, 0.6) is 5.75 Å². The van der Waals surface area contributed by atoms with Crippen LogP contribution < -0.4 is 4.74 Å². The van der Waals surface area contributed by atoms with Crippen molar-refractivity contribution in [3.63, 3.8) is 0 Å². The average Bonchev–Trinajstić information content (AvgIpc) is 2.99. The van der Waals surface area contributed by atoms with Crippen molar-refractivity contribution in [2.24, 2.45) is 5.92 Å². The molecule has 0 amide bonds. The van der Waals surface area contributed by atoms with Crippen LogP contribution >= 0.6 is 0 Å². The monoisotopic (exact) mass is 327 g/mol. The minimum absolute atomic E-state index is 0.117. The number of Topliss-reactive ketones (excluding diaryl/α,β-unsaturated/α-hetero) is 1. The Morgan fingerprint density at radius 3 is 2.83 bits per heavy atom. The highest BCUT2D eigenvalue weighted by atomic mass is 19.1. The molecule has 1 atom stereocenters. The number of carbonyl (C=O) groups excluding carboxylic acids is 1. The van der Waals surface area contributed by atoms with Crippen LogP contribution in [0.2, 0.25) is 0 Å². The number of fused-ring (bicyclic) bond motifs is 1. The van der Waals surface area contributed by atoms with Gasteiger partial charge in [0.25, 0.3) is 0 Å². The summed E-state index contributed by atoms with van der Waals surface area (Å²) in [6.07, 6.45) is 2.27. The maximum atomic E-state index is 14.6. The zero-order chi connectivity index (χ0) is 17.3. The van der Waals surface area contributed by atoms with Gasteiger partial charge in [-0.2, -0.15) is 5.10 Å². The van der Waals surface area contributed by atoms with Gasteiger partial charge in [0.15, 0.2) is 11.4 Å². The van der Waals surface area contributed by atoms with Crippen molar-refractivity contribution >= 4 is 11.4 Å². The summed E-state index contributed by atoms with van der Waals surface area (Å²) in [6.45, 7) is 3.78. The number of benzene rings is 1. The highest BCUT2D eigenvalue weighted by molar-refractivity contribution is 6.02. The molecule has 3 rings (SSSR count). The largest absolute Gasteiger partial charge is 0.497 e. The summed E-state index contributed by atoms with van der Waals surface area (Å²) in [4.78, 5) is 17.1. The summed E-state index contributed by atoms with van der Waals surface area (Å²) in [5, 5.41) is 4.23. The molecule has 0 aliphatic carbocycles. The summed E-state index contributed by atoms with van der Waals surface area (Å²) in [5.41, 5.74) is 1.39. The fourth-order valence-corrected chi connectivity index (χ4v) is 2.54. The normalized spacial score (nSPS) is 12.3. The van der Waals surface area contributed by atoms with Crippen LogP contribution in [0.15, 0.2) is 36.5 Å². The van der Waals surface area contributed by atoms with Gasteiger partial charge >= 0.3 is 0 Å². The van der Waals surface area contributed by atoms with Gasteiger partial charge in [-0.25, -0.2) is 13.9 Å². The Kier molecular flexibility index (Phi) is 4.29. The van der Waals surface area contributed by atoms with E-state index in [1.165, 1.54) is 17.7 Å². The molecule has 0 aliphatic heterocycles. The molecule has 0 radical (unpaired) electrons. The van der Waals surface area contributed by atoms with Crippen LogP contribution in [0.3, 0.4) is 0 Å². The maximum Gasteiger partial charge on any atom is 0.186 e. The molecule has 0 saturated heterocycles. The highest BCUT2D eigenvalue weighted by Gasteiger charge is 2.25. The zero-order valence-corrected chi connectivity index (χ0v) is 13.8. The third kappa shape index (κ3) is 2.64. The first-order chi connectivity index (χ1) is 11.6. The lowest BCUT2D eigenvalue weighted by molar-refractivity contribution is 0.0923. The summed E-state index contributed by atoms with van der Waals surface area (Å²) >= 11 is 0. The maximum absolute atomic E-state index is 14.6. The third-order valence-corrected chi connectivity index (χ3v) is 4.12.